The minimum absolute atomic E-state index is 0. The number of fused-ring (bicyclic) bond motifs is 3. The van der Waals surface area contributed by atoms with Crippen LogP contribution in [0.25, 0.3) is 0 Å². The van der Waals surface area contributed by atoms with Crippen LogP contribution < -0.4 is 39.1 Å². The lowest BCUT2D eigenvalue weighted by atomic mass is 10.2. The second-order valence-electron chi connectivity index (χ2n) is 14.4. The average Bonchev–Trinajstić information content (AvgIpc) is 4.12. The number of hydrogen-bond donors (Lipinski definition) is 3. The highest BCUT2D eigenvalue weighted by Crippen LogP contribution is 2.38. The molecule has 3 N–H and O–H groups in total. The Morgan fingerprint density at radius 1 is 0.794 bits per heavy atom. The van der Waals surface area contributed by atoms with E-state index in [-0.39, 0.29) is 26.3 Å². The van der Waals surface area contributed by atoms with Crippen LogP contribution in [0.1, 0.15) is 35.8 Å². The number of amides is 2. The van der Waals surface area contributed by atoms with Crippen molar-refractivity contribution in [3.05, 3.63) is 129 Å². The zero-order valence-electron chi connectivity index (χ0n) is 36.5. The van der Waals surface area contributed by atoms with Crippen molar-refractivity contribution in [2.24, 2.45) is 7.05 Å². The van der Waals surface area contributed by atoms with Crippen LogP contribution in [0.2, 0.25) is 0 Å². The van der Waals surface area contributed by atoms with Gasteiger partial charge in [-0.2, -0.15) is 0 Å². The van der Waals surface area contributed by atoms with Crippen LogP contribution in [0.15, 0.2) is 92.2 Å². The summed E-state index contributed by atoms with van der Waals surface area (Å²) in [5.74, 6) is 2.19. The molecule has 6 heterocycles. The van der Waals surface area contributed by atoms with Crippen molar-refractivity contribution in [3.63, 3.8) is 0 Å². The van der Waals surface area contributed by atoms with Gasteiger partial charge in [-0.1, -0.05) is 7.43 Å². The highest BCUT2D eigenvalue weighted by molar-refractivity contribution is 5.92. The summed E-state index contributed by atoms with van der Waals surface area (Å²) in [7, 11) is 3.67. The molecule has 0 saturated carbocycles. The van der Waals surface area contributed by atoms with Crippen LogP contribution in [0.5, 0.6) is 17.2 Å². The number of hydrogen-bond acceptors (Lipinski definition) is 14. The molecule has 0 saturated heterocycles. The Morgan fingerprint density at radius 3 is 1.70 bits per heavy atom. The number of nitro benzene ring substituents is 2. The fourth-order valence-electron chi connectivity index (χ4n) is 7.00. The Labute approximate surface area is 368 Å². The molecule has 6 aromatic rings. The molecule has 0 spiro atoms. The third-order valence-electron chi connectivity index (χ3n) is 10.1. The first kappa shape index (κ1) is 43.3. The minimum atomic E-state index is -0.400. The number of nitrogens with zero attached hydrogens (tertiary/aromatic N) is 10. The molecule has 0 fully saturated rings. The van der Waals surface area contributed by atoms with Crippen molar-refractivity contribution in [1.82, 2.24) is 34.8 Å². The van der Waals surface area contributed by atoms with E-state index in [9.17, 15) is 25.0 Å². The number of H-pyrrole nitrogens is 2. The second kappa shape index (κ2) is 20.6. The number of aromatic amines is 2. The van der Waals surface area contributed by atoms with Crippen molar-refractivity contribution in [2.45, 2.75) is 34.0 Å². The monoisotopic (exact) mass is 872 g/mol. The number of aryl methyl sites for hydroxylation is 1. The number of ether oxygens (including phenoxy) is 3. The number of nitro groups is 2. The van der Waals surface area contributed by atoms with Gasteiger partial charge in [-0.05, 0) is 37.3 Å². The number of anilines is 4. The summed E-state index contributed by atoms with van der Waals surface area (Å²) in [5, 5.41) is 24.5. The Hall–Kier alpha value is -7.84. The van der Waals surface area contributed by atoms with Gasteiger partial charge >= 0.3 is 6.03 Å². The van der Waals surface area contributed by atoms with Gasteiger partial charge in [0.2, 0.25) is 0 Å². The molecule has 0 radical (unpaired) electrons. The van der Waals surface area contributed by atoms with E-state index in [4.69, 9.17) is 17.2 Å². The van der Waals surface area contributed by atoms with Crippen LogP contribution in [0.4, 0.5) is 38.9 Å². The SMILES string of the molecule is C.CCNC(=O)N(C)c1ccc2c(c1)N(Cc1cnc[nH]1)CCO2.Cn1cnc(CN2CCOc3ccc([N+](=O)[O-])cc32)c1.O=[N+]([O-])c1ccc2c(c1)N(Cc1cnc[nH]1)CCO2.[2HH].[2H][2H]. The first-order valence-corrected chi connectivity index (χ1v) is 19.8. The summed E-state index contributed by atoms with van der Waals surface area (Å²) < 4.78 is 28.7. The molecular formula is C42H55N13O8. The largest absolute Gasteiger partial charge is 0.490 e. The first-order valence-electron chi connectivity index (χ1n) is 20.8. The van der Waals surface area contributed by atoms with Gasteiger partial charge in [0.1, 0.15) is 37.1 Å². The molecule has 0 atom stereocenters. The fraction of sp³-hybridized carbons (Fsp3) is 0.333. The van der Waals surface area contributed by atoms with Gasteiger partial charge in [0, 0.05) is 73.6 Å². The highest BCUT2D eigenvalue weighted by atomic mass is 16.6. The molecule has 0 aliphatic carbocycles. The first-order chi connectivity index (χ1) is 31.1. The molecule has 0 bridgehead atoms. The van der Waals surface area contributed by atoms with Gasteiger partial charge in [0.25, 0.3) is 11.4 Å². The zero-order chi connectivity index (χ0) is 45.6. The predicted molar refractivity (Wildman–Crippen MR) is 241 cm³/mol. The fourth-order valence-corrected chi connectivity index (χ4v) is 7.00. The zero-order valence-corrected chi connectivity index (χ0v) is 34.5. The number of carbonyl (C=O) groups excluding carboxylic acids is 1. The van der Waals surface area contributed by atoms with Crippen LogP contribution in [-0.2, 0) is 26.7 Å². The van der Waals surface area contributed by atoms with Crippen molar-refractivity contribution in [3.8, 4) is 17.2 Å². The Morgan fingerprint density at radius 2 is 1.27 bits per heavy atom. The van der Waals surface area contributed by atoms with Crippen molar-refractivity contribution in [2.75, 3.05) is 72.6 Å². The van der Waals surface area contributed by atoms with Crippen LogP contribution >= 0.6 is 0 Å². The van der Waals surface area contributed by atoms with Crippen LogP contribution in [0.3, 0.4) is 0 Å². The van der Waals surface area contributed by atoms with Crippen molar-refractivity contribution >= 4 is 40.2 Å². The van der Waals surface area contributed by atoms with Crippen LogP contribution in [-0.4, -0.2) is 98.4 Å². The van der Waals surface area contributed by atoms with Crippen LogP contribution in [0, 0.1) is 20.2 Å². The van der Waals surface area contributed by atoms with E-state index in [1.165, 1.54) is 12.1 Å². The van der Waals surface area contributed by atoms with Crippen molar-refractivity contribution in [1.29, 1.82) is 0 Å². The lowest BCUT2D eigenvalue weighted by molar-refractivity contribution is -0.385. The smallest absolute Gasteiger partial charge is 0.321 e. The number of imidazole rings is 3. The average molecular weight is 873 g/mol. The Balaban J connectivity index is 0.000000210. The lowest BCUT2D eigenvalue weighted by Gasteiger charge is -2.32. The van der Waals surface area contributed by atoms with E-state index in [1.807, 2.05) is 58.9 Å². The number of benzene rings is 3. The van der Waals surface area contributed by atoms with Gasteiger partial charge in [-0.15, -0.1) is 0 Å². The second-order valence-corrected chi connectivity index (χ2v) is 14.4. The molecule has 2 amide bonds. The maximum absolute atomic E-state index is 12.0. The van der Waals surface area contributed by atoms with Gasteiger partial charge in [0.15, 0.2) is 0 Å². The third-order valence-corrected chi connectivity index (χ3v) is 10.1. The molecule has 3 aliphatic heterocycles. The Bertz CT molecular complexity index is 2480. The molecule has 336 valence electrons. The normalized spacial score (nSPS) is 13.5. The standard InChI is InChI=1S/C16H21N5O2.C13H14N4O3.C12H12N4O3.CH4.2H2/c1-3-18-16(22)20(2)13-4-5-15-14(8-13)21(6-7-23-15)10-12-9-17-11-19-12;1-15-7-10(14-9-15)8-16-4-5-20-13-3-2-11(17(18)19)6-12(13)16;17-16(18)10-1-2-12-11(5-10)15(3-4-19-12)7-9-6-13-8-14-9;;;/h4-5,8-9,11H,3,6-7,10H2,1-2H3,(H,17,19)(H,18,22);2-3,6-7,9H,4-5,8H2,1H3;1-2,5-6,8H,3-4,7H2,(H,13,14);1H4;2*1H/i;;;;1+1D;1+1. The van der Waals surface area contributed by atoms with Gasteiger partial charge < -0.3 is 48.8 Å². The topological polar surface area (TPSA) is 231 Å². The number of non-ortho nitro benzene ring substituents is 2. The molecule has 0 unspecified atom stereocenters. The molecule has 3 aliphatic rings. The summed E-state index contributed by atoms with van der Waals surface area (Å²) in [6.45, 7) is 8.41. The van der Waals surface area contributed by atoms with E-state index < -0.39 is 9.85 Å². The van der Waals surface area contributed by atoms with E-state index in [0.717, 1.165) is 58.7 Å². The molecule has 21 heteroatoms. The van der Waals surface area contributed by atoms with E-state index >= 15 is 0 Å². The third kappa shape index (κ3) is 11.1. The number of nitrogens with one attached hydrogen (secondary N) is 3. The highest BCUT2D eigenvalue weighted by Gasteiger charge is 2.24. The molecule has 63 heavy (non-hydrogen) atoms. The number of aromatic nitrogens is 6. The van der Waals surface area contributed by atoms with Gasteiger partial charge in [-0.3, -0.25) is 25.1 Å². The summed E-state index contributed by atoms with van der Waals surface area (Å²) in [5.41, 5.74) is 6.37. The van der Waals surface area contributed by atoms with Crippen molar-refractivity contribution < 1.29 is 33.2 Å². The maximum Gasteiger partial charge on any atom is 0.321 e. The van der Waals surface area contributed by atoms with Gasteiger partial charge in [0.05, 0.1) is 102 Å². The summed E-state index contributed by atoms with van der Waals surface area (Å²) in [4.78, 5) is 59.3. The van der Waals surface area contributed by atoms with Gasteiger partial charge in [-0.25, -0.2) is 19.7 Å². The maximum atomic E-state index is 12.0. The van der Waals surface area contributed by atoms with E-state index in [2.05, 4.69) is 35.1 Å². The molecule has 21 nitrogen and oxygen atoms in total. The van der Waals surface area contributed by atoms with E-state index in [0.29, 0.717) is 64.0 Å². The molecule has 3 aromatic heterocycles. The Kier molecular flexibility index (Phi) is 14.2. The number of carbonyl (C=O) groups is 1. The molecular weight excluding hydrogens is 815 g/mol. The summed E-state index contributed by atoms with van der Waals surface area (Å²) in [6.07, 6.45) is 10.5. The lowest BCUT2D eigenvalue weighted by Crippen LogP contribution is -2.37. The molecule has 3 aromatic carbocycles. The number of rotatable bonds is 10. The molecule has 9 rings (SSSR count). The summed E-state index contributed by atoms with van der Waals surface area (Å²) in [6, 6.07) is 15.0. The quantitative estimate of drug-likeness (QED) is 0.0980. The minimum Gasteiger partial charge on any atom is -0.490 e. The predicted octanol–water partition coefficient (Wildman–Crippen LogP) is 6.55. The summed E-state index contributed by atoms with van der Waals surface area (Å²) >= 11 is 0. The number of urea groups is 1. The van der Waals surface area contributed by atoms with E-state index in [1.54, 1.807) is 61.4 Å².